The first-order valence-electron chi connectivity index (χ1n) is 6.82. The van der Waals surface area contributed by atoms with Gasteiger partial charge in [-0.3, -0.25) is 4.40 Å². The molecular weight excluding hydrogens is 280 g/mol. The van der Waals surface area contributed by atoms with Gasteiger partial charge in [0.2, 0.25) is 0 Å². The summed E-state index contributed by atoms with van der Waals surface area (Å²) in [5, 5.41) is 12.9. The second-order valence-corrected chi connectivity index (χ2v) is 4.83. The van der Waals surface area contributed by atoms with Gasteiger partial charge in [0.1, 0.15) is 5.69 Å². The van der Waals surface area contributed by atoms with Crippen LogP contribution in [0.25, 0.3) is 11.3 Å². The third-order valence-electron chi connectivity index (χ3n) is 3.33. The molecule has 4 aromatic rings. The van der Waals surface area contributed by atoms with Crippen LogP contribution in [0.2, 0.25) is 0 Å². The maximum atomic E-state index is 12.2. The van der Waals surface area contributed by atoms with Crippen LogP contribution in [-0.4, -0.2) is 29.2 Å². The molecule has 22 heavy (non-hydrogen) atoms. The van der Waals surface area contributed by atoms with Crippen molar-refractivity contribution in [1.82, 2.24) is 29.2 Å². The Labute approximate surface area is 125 Å². The van der Waals surface area contributed by atoms with Crippen molar-refractivity contribution >= 4 is 5.65 Å². The summed E-state index contributed by atoms with van der Waals surface area (Å²) in [5.74, 6) is 0. The molecule has 0 spiro atoms. The summed E-state index contributed by atoms with van der Waals surface area (Å²) in [6.07, 6.45) is 3.34. The summed E-state index contributed by atoms with van der Waals surface area (Å²) >= 11 is 0. The molecule has 1 aromatic carbocycles. The lowest BCUT2D eigenvalue weighted by Gasteiger charge is -1.97. The molecule has 0 fully saturated rings. The van der Waals surface area contributed by atoms with E-state index in [4.69, 9.17) is 0 Å². The van der Waals surface area contributed by atoms with E-state index in [1.54, 1.807) is 24.5 Å². The van der Waals surface area contributed by atoms with Crippen LogP contribution in [0.5, 0.6) is 0 Å². The molecule has 0 atom stereocenters. The van der Waals surface area contributed by atoms with Gasteiger partial charge >= 0.3 is 5.69 Å². The highest BCUT2D eigenvalue weighted by atomic mass is 16.2. The normalized spacial score (nSPS) is 11.1. The lowest BCUT2D eigenvalue weighted by molar-refractivity contribution is 0.635. The summed E-state index contributed by atoms with van der Waals surface area (Å²) in [4.78, 5) is 13.8. The molecule has 3 heterocycles. The van der Waals surface area contributed by atoms with Crippen molar-refractivity contribution in [2.75, 3.05) is 0 Å². The molecule has 3 aromatic heterocycles. The van der Waals surface area contributed by atoms with E-state index in [-0.39, 0.29) is 12.2 Å². The number of pyridine rings is 1. The highest BCUT2D eigenvalue weighted by Gasteiger charge is 2.09. The van der Waals surface area contributed by atoms with Crippen LogP contribution in [-0.2, 0) is 6.54 Å². The number of benzene rings is 1. The topological polar surface area (TPSA) is 70.0 Å². The van der Waals surface area contributed by atoms with Gasteiger partial charge in [-0.15, -0.1) is 5.10 Å². The minimum Gasteiger partial charge on any atom is -0.250 e. The van der Waals surface area contributed by atoms with Gasteiger partial charge in [0, 0.05) is 6.20 Å². The van der Waals surface area contributed by atoms with E-state index in [1.807, 2.05) is 36.4 Å². The summed E-state index contributed by atoms with van der Waals surface area (Å²) in [6.45, 7) is 0.285. The van der Waals surface area contributed by atoms with Crippen LogP contribution in [0.15, 0.2) is 65.7 Å². The van der Waals surface area contributed by atoms with E-state index in [0.29, 0.717) is 11.3 Å². The first-order valence-corrected chi connectivity index (χ1v) is 6.82. The molecule has 0 unspecified atom stereocenters. The Morgan fingerprint density at radius 1 is 0.955 bits per heavy atom. The average molecular weight is 292 g/mol. The second kappa shape index (κ2) is 4.96. The third kappa shape index (κ3) is 2.08. The van der Waals surface area contributed by atoms with Gasteiger partial charge in [-0.2, -0.15) is 15.0 Å². The quantitative estimate of drug-likeness (QED) is 0.567. The van der Waals surface area contributed by atoms with Crippen LogP contribution in [0.1, 0.15) is 5.69 Å². The molecule has 0 aliphatic carbocycles. The van der Waals surface area contributed by atoms with E-state index >= 15 is 0 Å². The van der Waals surface area contributed by atoms with Gasteiger partial charge in [-0.05, 0) is 24.3 Å². The smallest absolute Gasteiger partial charge is 0.250 e. The zero-order chi connectivity index (χ0) is 14.9. The van der Waals surface area contributed by atoms with Crippen LogP contribution in [0.3, 0.4) is 0 Å². The van der Waals surface area contributed by atoms with Crippen molar-refractivity contribution in [2.24, 2.45) is 0 Å². The maximum Gasteiger partial charge on any atom is 0.350 e. The SMILES string of the molecule is O=c1n(Cc2cnn(-c3ccccc3)n2)nc2ccccn12. The highest BCUT2D eigenvalue weighted by Crippen LogP contribution is 2.05. The van der Waals surface area contributed by atoms with Crippen molar-refractivity contribution < 1.29 is 0 Å². The zero-order valence-corrected chi connectivity index (χ0v) is 11.6. The van der Waals surface area contributed by atoms with Crippen molar-refractivity contribution in [2.45, 2.75) is 6.54 Å². The second-order valence-electron chi connectivity index (χ2n) is 4.83. The molecule has 0 aliphatic heterocycles. The molecule has 0 aliphatic rings. The van der Waals surface area contributed by atoms with E-state index in [0.717, 1.165) is 5.69 Å². The third-order valence-corrected chi connectivity index (χ3v) is 3.33. The summed E-state index contributed by atoms with van der Waals surface area (Å²) in [7, 11) is 0. The molecule has 0 saturated heterocycles. The van der Waals surface area contributed by atoms with E-state index in [2.05, 4.69) is 15.3 Å². The van der Waals surface area contributed by atoms with E-state index < -0.39 is 0 Å². The molecular formula is C15H12N6O. The van der Waals surface area contributed by atoms with Gasteiger partial charge in [-0.1, -0.05) is 24.3 Å². The molecule has 0 bridgehead atoms. The number of nitrogens with zero attached hydrogens (tertiary/aromatic N) is 6. The fraction of sp³-hybridized carbons (Fsp3) is 0.0667. The fourth-order valence-electron chi connectivity index (χ4n) is 2.28. The number of fused-ring (bicyclic) bond motifs is 1. The molecule has 0 saturated carbocycles. The molecule has 0 N–H and O–H groups in total. The van der Waals surface area contributed by atoms with Crippen LogP contribution < -0.4 is 5.69 Å². The number of hydrogen-bond acceptors (Lipinski definition) is 4. The largest absolute Gasteiger partial charge is 0.350 e. The number of rotatable bonds is 3. The maximum absolute atomic E-state index is 12.2. The monoisotopic (exact) mass is 292 g/mol. The first-order chi connectivity index (χ1) is 10.8. The van der Waals surface area contributed by atoms with Gasteiger partial charge < -0.3 is 0 Å². The molecule has 0 amide bonds. The molecule has 108 valence electrons. The number of hydrogen-bond donors (Lipinski definition) is 0. The Balaban J connectivity index is 1.67. The lowest BCUT2D eigenvalue weighted by Crippen LogP contribution is -2.21. The summed E-state index contributed by atoms with van der Waals surface area (Å²) in [5.41, 5.74) is 1.97. The van der Waals surface area contributed by atoms with Crippen LogP contribution in [0, 0.1) is 0 Å². The fourth-order valence-corrected chi connectivity index (χ4v) is 2.28. The van der Waals surface area contributed by atoms with Crippen molar-refractivity contribution in [1.29, 1.82) is 0 Å². The Bertz CT molecular complexity index is 982. The van der Waals surface area contributed by atoms with Gasteiger partial charge in [0.15, 0.2) is 5.65 Å². The predicted molar refractivity (Wildman–Crippen MR) is 79.9 cm³/mol. The van der Waals surface area contributed by atoms with Crippen molar-refractivity contribution in [3.63, 3.8) is 0 Å². The Kier molecular flexibility index (Phi) is 2.82. The Morgan fingerprint density at radius 3 is 2.59 bits per heavy atom. The number of aromatic nitrogens is 6. The number of para-hydroxylation sites is 1. The molecule has 7 nitrogen and oxygen atoms in total. The minimum absolute atomic E-state index is 0.190. The average Bonchev–Trinajstić information content (AvgIpc) is 3.15. The van der Waals surface area contributed by atoms with Crippen molar-refractivity contribution in [3.05, 3.63) is 77.1 Å². The van der Waals surface area contributed by atoms with E-state index in [9.17, 15) is 4.79 Å². The molecule has 4 rings (SSSR count). The van der Waals surface area contributed by atoms with E-state index in [1.165, 1.54) is 13.9 Å². The lowest BCUT2D eigenvalue weighted by atomic mass is 10.3. The van der Waals surface area contributed by atoms with Crippen LogP contribution in [0.4, 0.5) is 0 Å². The molecule has 7 heteroatoms. The predicted octanol–water partition coefficient (Wildman–Crippen LogP) is 1.12. The summed E-state index contributed by atoms with van der Waals surface area (Å²) in [6, 6.07) is 15.0. The molecule has 0 radical (unpaired) electrons. The first kappa shape index (κ1) is 12.5. The van der Waals surface area contributed by atoms with Gasteiger partial charge in [-0.25, -0.2) is 9.48 Å². The van der Waals surface area contributed by atoms with Gasteiger partial charge in [0.05, 0.1) is 18.4 Å². The summed E-state index contributed by atoms with van der Waals surface area (Å²) < 4.78 is 2.89. The Hall–Kier alpha value is -3.22. The van der Waals surface area contributed by atoms with Crippen LogP contribution >= 0.6 is 0 Å². The Morgan fingerprint density at radius 2 is 1.77 bits per heavy atom. The zero-order valence-electron chi connectivity index (χ0n) is 11.6. The van der Waals surface area contributed by atoms with Crippen molar-refractivity contribution in [3.8, 4) is 5.69 Å². The highest BCUT2D eigenvalue weighted by molar-refractivity contribution is 5.35. The minimum atomic E-state index is -0.190. The standard InChI is InChI=1S/C15H12N6O/c22-15-19-9-5-4-8-14(19)18-20(15)11-12-10-16-21(17-12)13-6-2-1-3-7-13/h1-10H,11H2. The van der Waals surface area contributed by atoms with Gasteiger partial charge in [0.25, 0.3) is 0 Å².